The lowest BCUT2D eigenvalue weighted by atomic mass is 9.59. The van der Waals surface area contributed by atoms with Gasteiger partial charge in [-0.1, -0.05) is 78.1 Å². The van der Waals surface area contributed by atoms with Gasteiger partial charge in [-0.25, -0.2) is 0 Å². The van der Waals surface area contributed by atoms with E-state index in [1.165, 1.54) is 51.4 Å². The quantitative estimate of drug-likeness (QED) is 0.117. The van der Waals surface area contributed by atoms with E-state index in [-0.39, 0.29) is 5.97 Å². The summed E-state index contributed by atoms with van der Waals surface area (Å²) in [4.78, 5) is 26.2. The Kier molecular flexibility index (Phi) is 18.0. The molecule has 0 aromatic carbocycles. The zero-order chi connectivity index (χ0) is 22.6. The number of unbranched alkanes of at least 4 members (excludes halogenated alkanes) is 11. The smallest absolute Gasteiger partial charge is 0.305 e. The van der Waals surface area contributed by atoms with Gasteiger partial charge in [-0.2, -0.15) is 0 Å². The maximum Gasteiger partial charge on any atom is 0.305 e. The van der Waals surface area contributed by atoms with Gasteiger partial charge in [0, 0.05) is 6.42 Å². The second kappa shape index (κ2) is 19.8. The Morgan fingerprint density at radius 3 is 2.16 bits per heavy atom. The molecule has 0 aromatic rings. The predicted octanol–water partition coefficient (Wildman–Crippen LogP) is 6.54. The Labute approximate surface area is 193 Å². The molecule has 0 bridgehead atoms. The van der Waals surface area contributed by atoms with Crippen LogP contribution in [-0.4, -0.2) is 50.1 Å². The van der Waals surface area contributed by atoms with Gasteiger partial charge in [0.2, 0.25) is 7.28 Å². The number of likely N-dealkylation sites (tertiary alicyclic amines) is 1. The molecule has 1 atom stereocenters. The minimum absolute atomic E-state index is 0.0269. The normalized spacial score (nSPS) is 16.5. The summed E-state index contributed by atoms with van der Waals surface area (Å²) in [6.45, 7) is 8.19. The van der Waals surface area contributed by atoms with Crippen LogP contribution in [0.4, 0.5) is 0 Å². The van der Waals surface area contributed by atoms with Crippen LogP contribution in [0.2, 0.25) is 5.82 Å². The SMILES string of the molecule is CCCCCCCCCCCOC(=O)CCCCCN1CCC([B]C(=O)CCCC)C1. The summed E-state index contributed by atoms with van der Waals surface area (Å²) < 4.78 is 5.38. The molecule has 1 aliphatic heterocycles. The Morgan fingerprint density at radius 2 is 1.45 bits per heavy atom. The second-order valence-electron chi connectivity index (χ2n) is 9.45. The zero-order valence-corrected chi connectivity index (χ0v) is 20.7. The molecule has 0 spiro atoms. The molecular formula is C26H49BNO3. The molecule has 1 aliphatic rings. The fourth-order valence-corrected chi connectivity index (χ4v) is 4.35. The van der Waals surface area contributed by atoms with E-state index < -0.39 is 0 Å². The first-order valence-electron chi connectivity index (χ1n) is 13.4. The largest absolute Gasteiger partial charge is 0.466 e. The topological polar surface area (TPSA) is 46.6 Å². The number of esters is 1. The predicted molar refractivity (Wildman–Crippen MR) is 132 cm³/mol. The van der Waals surface area contributed by atoms with Gasteiger partial charge in [0.15, 0.2) is 0 Å². The Bertz CT molecular complexity index is 458. The van der Waals surface area contributed by atoms with Crippen LogP contribution in [0.3, 0.4) is 0 Å². The summed E-state index contributed by atoms with van der Waals surface area (Å²) in [7, 11) is 1.97. The number of rotatable bonds is 21. The Balaban J connectivity index is 1.87. The summed E-state index contributed by atoms with van der Waals surface area (Å²) in [5, 5.41) is 0. The molecule has 0 N–H and O–H groups in total. The maximum absolute atomic E-state index is 11.9. The van der Waals surface area contributed by atoms with E-state index >= 15 is 0 Å². The van der Waals surface area contributed by atoms with Crippen LogP contribution in [0.1, 0.15) is 123 Å². The molecule has 1 unspecified atom stereocenters. The molecule has 4 nitrogen and oxygen atoms in total. The van der Waals surface area contributed by atoms with E-state index in [0.717, 1.165) is 64.6 Å². The average molecular weight is 434 g/mol. The third-order valence-electron chi connectivity index (χ3n) is 6.37. The van der Waals surface area contributed by atoms with Crippen molar-refractivity contribution < 1.29 is 14.3 Å². The monoisotopic (exact) mass is 434 g/mol. The van der Waals surface area contributed by atoms with Crippen LogP contribution in [0.25, 0.3) is 0 Å². The van der Waals surface area contributed by atoms with Gasteiger partial charge < -0.3 is 14.4 Å². The minimum Gasteiger partial charge on any atom is -0.466 e. The molecule has 0 amide bonds. The molecule has 1 heterocycles. The van der Waals surface area contributed by atoms with Crippen molar-refractivity contribution in [3.05, 3.63) is 0 Å². The summed E-state index contributed by atoms with van der Waals surface area (Å²) >= 11 is 0. The van der Waals surface area contributed by atoms with Crippen molar-refractivity contribution in [1.29, 1.82) is 0 Å². The van der Waals surface area contributed by atoms with Crippen LogP contribution in [0.15, 0.2) is 0 Å². The molecule has 0 saturated carbocycles. The third-order valence-corrected chi connectivity index (χ3v) is 6.37. The maximum atomic E-state index is 11.9. The number of hydrogen-bond acceptors (Lipinski definition) is 4. The van der Waals surface area contributed by atoms with Gasteiger partial charge in [-0.05, 0) is 64.0 Å². The third kappa shape index (κ3) is 16.5. The van der Waals surface area contributed by atoms with Crippen LogP contribution in [-0.2, 0) is 14.3 Å². The molecule has 1 radical (unpaired) electrons. The standard InChI is InChI=1S/C26H49BNO3/c1-3-5-7-8-9-10-11-12-16-22-31-26(30)18-14-13-15-20-28-21-19-24(23-28)27-25(29)17-6-4-2/h24H,3-23H2,1-2H3. The van der Waals surface area contributed by atoms with E-state index in [9.17, 15) is 9.59 Å². The van der Waals surface area contributed by atoms with E-state index in [0.29, 0.717) is 30.9 Å². The van der Waals surface area contributed by atoms with Crippen molar-refractivity contribution in [3.63, 3.8) is 0 Å². The number of carbonyl (C=O) groups is 2. The molecule has 5 heteroatoms. The summed E-state index contributed by atoms with van der Waals surface area (Å²) in [6, 6.07) is 0. The van der Waals surface area contributed by atoms with Crippen LogP contribution < -0.4 is 0 Å². The summed E-state index contributed by atoms with van der Waals surface area (Å²) in [5.74, 6) is 0.418. The van der Waals surface area contributed by atoms with E-state index in [4.69, 9.17) is 4.74 Å². The lowest BCUT2D eigenvalue weighted by molar-refractivity contribution is -0.143. The van der Waals surface area contributed by atoms with Crippen LogP contribution in [0.5, 0.6) is 0 Å². The lowest BCUT2D eigenvalue weighted by Crippen LogP contribution is -2.23. The number of nitrogens with zero attached hydrogens (tertiary/aromatic N) is 1. The first-order valence-corrected chi connectivity index (χ1v) is 13.4. The van der Waals surface area contributed by atoms with Gasteiger partial charge >= 0.3 is 5.97 Å². The fraction of sp³-hybridized carbons (Fsp3) is 0.923. The molecule has 1 rings (SSSR count). The minimum atomic E-state index is -0.0269. The van der Waals surface area contributed by atoms with Crippen molar-refractivity contribution in [1.82, 2.24) is 4.90 Å². The van der Waals surface area contributed by atoms with Gasteiger partial charge in [0.25, 0.3) is 0 Å². The van der Waals surface area contributed by atoms with Crippen molar-refractivity contribution >= 4 is 18.9 Å². The average Bonchev–Trinajstić information content (AvgIpc) is 3.20. The number of hydrogen-bond donors (Lipinski definition) is 0. The van der Waals surface area contributed by atoms with Crippen molar-refractivity contribution in [3.8, 4) is 0 Å². The number of carbonyl (C=O) groups excluding carboxylic acids is 2. The molecule has 179 valence electrons. The van der Waals surface area contributed by atoms with E-state index in [2.05, 4.69) is 18.7 Å². The van der Waals surface area contributed by atoms with Crippen molar-refractivity contribution in [2.45, 2.75) is 129 Å². The number of ether oxygens (including phenoxy) is 1. The molecule has 0 aliphatic carbocycles. The first-order chi connectivity index (χ1) is 15.2. The summed E-state index contributed by atoms with van der Waals surface area (Å²) in [6.07, 6.45) is 19.2. The van der Waals surface area contributed by atoms with Gasteiger partial charge in [0.05, 0.1) is 12.3 Å². The Morgan fingerprint density at radius 1 is 0.806 bits per heavy atom. The van der Waals surface area contributed by atoms with Crippen LogP contribution >= 0.6 is 0 Å². The Hall–Kier alpha value is -0.835. The first kappa shape index (κ1) is 28.2. The molecular weight excluding hydrogens is 385 g/mol. The van der Waals surface area contributed by atoms with Gasteiger partial charge in [-0.15, -0.1) is 0 Å². The van der Waals surface area contributed by atoms with Crippen molar-refractivity contribution in [2.24, 2.45) is 0 Å². The molecule has 31 heavy (non-hydrogen) atoms. The fourth-order valence-electron chi connectivity index (χ4n) is 4.35. The molecule has 0 aromatic heterocycles. The van der Waals surface area contributed by atoms with Gasteiger partial charge in [0.1, 0.15) is 0 Å². The highest BCUT2D eigenvalue weighted by Crippen LogP contribution is 2.22. The highest BCUT2D eigenvalue weighted by molar-refractivity contribution is 6.75. The lowest BCUT2D eigenvalue weighted by Gasteiger charge is -2.15. The zero-order valence-electron chi connectivity index (χ0n) is 20.7. The molecule has 1 fully saturated rings. The van der Waals surface area contributed by atoms with Crippen LogP contribution in [0, 0.1) is 0 Å². The summed E-state index contributed by atoms with van der Waals surface area (Å²) in [5.41, 5.74) is 0.328. The van der Waals surface area contributed by atoms with Gasteiger partial charge in [-0.3, -0.25) is 4.79 Å². The highest BCUT2D eigenvalue weighted by atomic mass is 16.5. The van der Waals surface area contributed by atoms with Crippen molar-refractivity contribution in [2.75, 3.05) is 26.2 Å². The second-order valence-corrected chi connectivity index (χ2v) is 9.45. The molecule has 1 saturated heterocycles. The van der Waals surface area contributed by atoms with E-state index in [1.54, 1.807) is 0 Å². The highest BCUT2D eigenvalue weighted by Gasteiger charge is 2.24. The van der Waals surface area contributed by atoms with E-state index in [1.807, 2.05) is 7.28 Å².